The molecule has 1 amide bonds. The number of aliphatic hydroxyl groups excluding tert-OH is 2. The van der Waals surface area contributed by atoms with E-state index in [4.69, 9.17) is 35.4 Å². The first-order valence-electron chi connectivity index (χ1n) is 19.8. The van der Waals surface area contributed by atoms with Crippen LogP contribution in [0.5, 0.6) is 0 Å². The van der Waals surface area contributed by atoms with Crippen molar-refractivity contribution in [1.29, 1.82) is 0 Å². The number of fused-ring (bicyclic) bond motifs is 4. The van der Waals surface area contributed by atoms with Crippen molar-refractivity contribution < 1.29 is 78.4 Å². The van der Waals surface area contributed by atoms with Gasteiger partial charge in [0.1, 0.15) is 6.10 Å². The molecule has 0 aromatic heterocycles. The minimum absolute atomic E-state index is 0.0496. The smallest absolute Gasteiger partial charge is 0.410 e. The number of carbonyl (C=O) groups excluding carboxylic acids is 3. The third-order valence-corrected chi connectivity index (χ3v) is 10.5. The van der Waals surface area contributed by atoms with Crippen LogP contribution in [0.4, 0.5) is 4.79 Å². The number of esters is 2. The Labute approximate surface area is 360 Å². The quantitative estimate of drug-likeness (QED) is 0.0880. The molecule has 6 N–H and O–H groups in total. The highest BCUT2D eigenvalue weighted by Gasteiger charge is 2.40. The average molecular weight is 871 g/mol. The second-order valence-corrected chi connectivity index (χ2v) is 14.6. The van der Waals surface area contributed by atoms with E-state index in [-0.39, 0.29) is 29.4 Å². The van der Waals surface area contributed by atoms with Gasteiger partial charge in [0, 0.05) is 13.1 Å². The molecule has 4 aliphatic heterocycles. The molecule has 332 valence electrons. The molecule has 18 heteroatoms. The fraction of sp³-hybridized carbons (Fsp3) is 0.311. The van der Waals surface area contributed by atoms with E-state index < -0.39 is 60.2 Å². The molecular formula is C45H46N2O16. The summed E-state index contributed by atoms with van der Waals surface area (Å²) in [5.41, 5.74) is 3.82. The van der Waals surface area contributed by atoms with Gasteiger partial charge in [-0.05, 0) is 79.2 Å². The van der Waals surface area contributed by atoms with Gasteiger partial charge in [-0.15, -0.1) is 0 Å². The minimum Gasteiger partial charge on any atom is -0.479 e. The van der Waals surface area contributed by atoms with E-state index in [1.807, 2.05) is 23.1 Å². The van der Waals surface area contributed by atoms with Gasteiger partial charge in [-0.25, -0.2) is 33.6 Å². The third-order valence-electron chi connectivity index (χ3n) is 10.5. The molecular weight excluding hydrogens is 824 g/mol. The zero-order valence-electron chi connectivity index (χ0n) is 33.6. The van der Waals surface area contributed by atoms with Gasteiger partial charge in [-0.3, -0.25) is 9.80 Å². The number of benzene rings is 4. The number of carboxylic acid groups (broad SMARTS) is 4. The number of ether oxygens (including phenoxy) is 3. The number of hydrogen-bond donors (Lipinski definition) is 6. The molecule has 3 fully saturated rings. The Kier molecular flexibility index (Phi) is 16.4. The normalized spacial score (nSPS) is 20.2. The average Bonchev–Trinajstić information content (AvgIpc) is 3.30. The molecule has 4 heterocycles. The Morgan fingerprint density at radius 1 is 0.556 bits per heavy atom. The Balaban J connectivity index is 0.000000185. The summed E-state index contributed by atoms with van der Waals surface area (Å²) in [6.07, 6.45) is -5.87. The van der Waals surface area contributed by atoms with E-state index >= 15 is 0 Å². The number of rotatable bonds is 12. The number of hydrogen-bond acceptors (Lipinski definition) is 13. The molecule has 18 nitrogen and oxygen atoms in total. The lowest BCUT2D eigenvalue weighted by atomic mass is 9.86. The molecule has 3 unspecified atom stereocenters. The van der Waals surface area contributed by atoms with Gasteiger partial charge < -0.3 is 44.8 Å². The lowest BCUT2D eigenvalue weighted by Gasteiger charge is -2.45. The van der Waals surface area contributed by atoms with Crippen molar-refractivity contribution >= 4 is 41.9 Å². The Morgan fingerprint density at radius 2 is 1.00 bits per heavy atom. The fourth-order valence-electron chi connectivity index (χ4n) is 7.27. The van der Waals surface area contributed by atoms with Crippen LogP contribution in [-0.4, -0.2) is 139 Å². The van der Waals surface area contributed by atoms with Crippen molar-refractivity contribution in [3.8, 4) is 0 Å². The standard InChI is InChI=1S/C23H26N2O2.2C11H10O7/c26-23(27-21-16-24-13-10-18(21)11-14-24)25-15-12-17-6-4-5-9-20(17)22(25)19-7-2-1-3-8-19;2*12-7(9(13)14)8(10(15)16)18-11(17)6-4-2-1-3-5-6/h1-9,18,21-22H,10-16H2;2*1-5,7-8,12H,(H,13,14)(H,15,16)/t21?,22-;7-,8-;/m10./s1. The monoisotopic (exact) mass is 870 g/mol. The summed E-state index contributed by atoms with van der Waals surface area (Å²) in [5.74, 6) is -8.58. The molecule has 0 spiro atoms. The van der Waals surface area contributed by atoms with Crippen molar-refractivity contribution in [2.45, 2.75) is 55.8 Å². The first kappa shape index (κ1) is 46.9. The summed E-state index contributed by atoms with van der Waals surface area (Å²) in [5, 5.41) is 52.5. The highest BCUT2D eigenvalue weighted by molar-refractivity contribution is 5.93. The molecule has 4 aromatic rings. The van der Waals surface area contributed by atoms with Crippen molar-refractivity contribution in [3.63, 3.8) is 0 Å². The van der Waals surface area contributed by atoms with Crippen LogP contribution in [0.15, 0.2) is 115 Å². The van der Waals surface area contributed by atoms with E-state index in [0.29, 0.717) is 12.5 Å². The first-order chi connectivity index (χ1) is 30.2. The minimum atomic E-state index is -2.32. The molecule has 6 atom stereocenters. The zero-order chi connectivity index (χ0) is 45.6. The number of piperidine rings is 3. The SMILES string of the molecule is O=C(OC(C(=O)O)C(O)C(=O)O)c1ccccc1.O=C(OC1CN2CCC1CC2)N1CCc2ccccc2[C@H]1c1ccccc1.O=C(O[C@H](C(=O)O)[C@H](O)C(=O)O)c1ccccc1. The molecule has 3 saturated heterocycles. The summed E-state index contributed by atoms with van der Waals surface area (Å²) < 4.78 is 15.0. The van der Waals surface area contributed by atoms with Gasteiger partial charge in [0.25, 0.3) is 0 Å². The number of carbonyl (C=O) groups is 7. The molecule has 0 aliphatic carbocycles. The van der Waals surface area contributed by atoms with Crippen LogP contribution >= 0.6 is 0 Å². The number of aliphatic hydroxyl groups is 2. The van der Waals surface area contributed by atoms with Crippen LogP contribution in [0.3, 0.4) is 0 Å². The van der Waals surface area contributed by atoms with E-state index in [1.54, 1.807) is 12.1 Å². The van der Waals surface area contributed by atoms with Gasteiger partial charge in [0.2, 0.25) is 12.2 Å². The molecule has 4 aromatic carbocycles. The lowest BCUT2D eigenvalue weighted by molar-refractivity contribution is -0.166. The Bertz CT molecular complexity index is 2130. The van der Waals surface area contributed by atoms with Crippen LogP contribution in [0.25, 0.3) is 0 Å². The fourth-order valence-corrected chi connectivity index (χ4v) is 7.27. The summed E-state index contributed by atoms with van der Waals surface area (Å²) in [7, 11) is 0. The topological polar surface area (TPSA) is 275 Å². The van der Waals surface area contributed by atoms with E-state index in [1.165, 1.54) is 59.7 Å². The van der Waals surface area contributed by atoms with E-state index in [2.05, 4.69) is 50.8 Å². The molecule has 0 radical (unpaired) electrons. The van der Waals surface area contributed by atoms with Crippen LogP contribution in [0.1, 0.15) is 56.3 Å². The summed E-state index contributed by atoms with van der Waals surface area (Å²) >= 11 is 0. The highest BCUT2D eigenvalue weighted by atomic mass is 16.6. The number of nitrogens with zero attached hydrogens (tertiary/aromatic N) is 2. The summed E-state index contributed by atoms with van der Waals surface area (Å²) in [6.45, 7) is 3.91. The predicted octanol–water partition coefficient (Wildman–Crippen LogP) is 3.35. The van der Waals surface area contributed by atoms with Crippen LogP contribution in [0.2, 0.25) is 0 Å². The van der Waals surface area contributed by atoms with Gasteiger partial charge in [-0.1, -0.05) is 91.0 Å². The predicted molar refractivity (Wildman–Crippen MR) is 218 cm³/mol. The second kappa shape index (κ2) is 22.1. The van der Waals surface area contributed by atoms with Crippen molar-refractivity contribution in [2.24, 2.45) is 5.92 Å². The Morgan fingerprint density at radius 3 is 1.43 bits per heavy atom. The maximum Gasteiger partial charge on any atom is 0.410 e. The molecule has 8 rings (SSSR count). The lowest BCUT2D eigenvalue weighted by Crippen LogP contribution is -2.53. The van der Waals surface area contributed by atoms with Gasteiger partial charge >= 0.3 is 41.9 Å². The van der Waals surface area contributed by atoms with Crippen molar-refractivity contribution in [1.82, 2.24) is 9.80 Å². The summed E-state index contributed by atoms with van der Waals surface area (Å²) in [4.78, 5) is 82.9. The molecule has 0 saturated carbocycles. The van der Waals surface area contributed by atoms with Crippen LogP contribution in [0, 0.1) is 5.92 Å². The van der Waals surface area contributed by atoms with Gasteiger partial charge in [-0.2, -0.15) is 0 Å². The maximum absolute atomic E-state index is 13.2. The number of amides is 1. The molecule has 4 aliphatic rings. The highest BCUT2D eigenvalue weighted by Crippen LogP contribution is 2.37. The van der Waals surface area contributed by atoms with Gasteiger partial charge in [0.15, 0.2) is 12.2 Å². The third kappa shape index (κ3) is 12.5. The largest absolute Gasteiger partial charge is 0.479 e. The summed E-state index contributed by atoms with van der Waals surface area (Å²) in [6, 6.07) is 33.6. The Hall–Kier alpha value is -7.15. The van der Waals surface area contributed by atoms with Gasteiger partial charge in [0.05, 0.1) is 17.2 Å². The number of aliphatic carboxylic acids is 4. The maximum atomic E-state index is 13.2. The number of carboxylic acids is 4. The second-order valence-electron chi connectivity index (χ2n) is 14.6. The van der Waals surface area contributed by atoms with Crippen LogP contribution < -0.4 is 0 Å². The molecule has 63 heavy (non-hydrogen) atoms. The first-order valence-corrected chi connectivity index (χ1v) is 19.8. The van der Waals surface area contributed by atoms with Crippen molar-refractivity contribution in [3.05, 3.63) is 143 Å². The van der Waals surface area contributed by atoms with E-state index in [9.17, 15) is 33.6 Å². The van der Waals surface area contributed by atoms with Crippen molar-refractivity contribution in [2.75, 3.05) is 26.2 Å². The zero-order valence-corrected chi connectivity index (χ0v) is 33.6. The molecule has 2 bridgehead atoms. The van der Waals surface area contributed by atoms with Crippen LogP contribution in [-0.2, 0) is 39.8 Å². The van der Waals surface area contributed by atoms with E-state index in [0.717, 1.165) is 44.5 Å².